The van der Waals surface area contributed by atoms with Gasteiger partial charge in [-0.3, -0.25) is 9.59 Å². The second-order valence-corrected chi connectivity index (χ2v) is 8.76. The van der Waals surface area contributed by atoms with Crippen molar-refractivity contribution in [1.82, 2.24) is 10.6 Å². The zero-order valence-electron chi connectivity index (χ0n) is 20.6. The first-order valence-electron chi connectivity index (χ1n) is 11.6. The highest BCUT2D eigenvalue weighted by atomic mass is 16.5. The summed E-state index contributed by atoms with van der Waals surface area (Å²) in [7, 11) is 4.71. The number of carbonyl (C=O) groups is 2. The molecule has 0 spiro atoms. The van der Waals surface area contributed by atoms with E-state index >= 15 is 0 Å². The molecule has 2 amide bonds. The maximum atomic E-state index is 13.1. The molecule has 0 aromatic heterocycles. The summed E-state index contributed by atoms with van der Waals surface area (Å²) in [5.41, 5.74) is 1.52. The molecule has 1 aliphatic heterocycles. The van der Waals surface area contributed by atoms with Gasteiger partial charge in [0.15, 0.2) is 0 Å². The first kappa shape index (κ1) is 25.2. The monoisotopic (exact) mass is 469 g/mol. The Morgan fingerprint density at radius 2 is 1.44 bits per heavy atom. The minimum Gasteiger partial charge on any atom is -0.497 e. The summed E-state index contributed by atoms with van der Waals surface area (Å²) >= 11 is 0. The van der Waals surface area contributed by atoms with E-state index in [-0.39, 0.29) is 23.8 Å². The molecule has 1 aliphatic rings. The highest BCUT2D eigenvalue weighted by molar-refractivity contribution is 5.98. The zero-order chi connectivity index (χ0) is 24.7. The molecule has 2 aromatic rings. The molecule has 1 unspecified atom stereocenters. The Labute approximate surface area is 201 Å². The Morgan fingerprint density at radius 3 is 1.94 bits per heavy atom. The number of piperidine rings is 1. The van der Waals surface area contributed by atoms with Gasteiger partial charge in [-0.15, -0.1) is 0 Å². The molecule has 8 heteroatoms. The SMILES string of the molecule is COc1ccc(N2CCC(NC(=O)C(NC(=O)c3cc(OC)cc(OC)c3)C(C)C)CC2)cc1. The fraction of sp³-hybridized carbons (Fsp3) is 0.462. The van der Waals surface area contributed by atoms with Crippen LogP contribution in [0.1, 0.15) is 37.0 Å². The Kier molecular flexibility index (Phi) is 8.62. The van der Waals surface area contributed by atoms with Crippen LogP contribution in [-0.2, 0) is 4.79 Å². The third kappa shape index (κ3) is 6.34. The number of hydrogen-bond donors (Lipinski definition) is 2. The van der Waals surface area contributed by atoms with Crippen LogP contribution in [0.25, 0.3) is 0 Å². The number of nitrogens with zero attached hydrogens (tertiary/aromatic N) is 1. The molecular weight excluding hydrogens is 434 g/mol. The van der Waals surface area contributed by atoms with Gasteiger partial charge < -0.3 is 29.7 Å². The highest BCUT2D eigenvalue weighted by Crippen LogP contribution is 2.24. The van der Waals surface area contributed by atoms with Crippen LogP contribution in [0.2, 0.25) is 0 Å². The second-order valence-electron chi connectivity index (χ2n) is 8.76. The third-order valence-electron chi connectivity index (χ3n) is 6.13. The summed E-state index contributed by atoms with van der Waals surface area (Å²) in [6.07, 6.45) is 1.67. The second kappa shape index (κ2) is 11.6. The number of carbonyl (C=O) groups excluding carboxylic acids is 2. The molecule has 1 heterocycles. The predicted octanol–water partition coefficient (Wildman–Crippen LogP) is 3.25. The van der Waals surface area contributed by atoms with Crippen molar-refractivity contribution in [2.45, 2.75) is 38.8 Å². The molecule has 0 radical (unpaired) electrons. The van der Waals surface area contributed by atoms with Gasteiger partial charge in [-0.05, 0) is 55.2 Å². The fourth-order valence-corrected chi connectivity index (χ4v) is 4.06. The largest absolute Gasteiger partial charge is 0.497 e. The Balaban J connectivity index is 1.58. The van der Waals surface area contributed by atoms with E-state index in [1.165, 1.54) is 14.2 Å². The van der Waals surface area contributed by atoms with E-state index in [1.807, 2.05) is 26.0 Å². The first-order valence-corrected chi connectivity index (χ1v) is 11.6. The van der Waals surface area contributed by atoms with E-state index in [9.17, 15) is 9.59 Å². The van der Waals surface area contributed by atoms with Gasteiger partial charge in [0.1, 0.15) is 23.3 Å². The maximum absolute atomic E-state index is 13.1. The molecule has 8 nitrogen and oxygen atoms in total. The van der Waals surface area contributed by atoms with Gasteiger partial charge in [0.05, 0.1) is 21.3 Å². The van der Waals surface area contributed by atoms with Crippen LogP contribution in [-0.4, -0.2) is 58.3 Å². The number of hydrogen-bond acceptors (Lipinski definition) is 6. The molecule has 2 aromatic carbocycles. The van der Waals surface area contributed by atoms with E-state index in [0.717, 1.165) is 37.4 Å². The van der Waals surface area contributed by atoms with Crippen molar-refractivity contribution in [3.63, 3.8) is 0 Å². The van der Waals surface area contributed by atoms with E-state index in [4.69, 9.17) is 14.2 Å². The van der Waals surface area contributed by atoms with E-state index in [1.54, 1.807) is 25.3 Å². The van der Waals surface area contributed by atoms with E-state index in [0.29, 0.717) is 17.1 Å². The van der Waals surface area contributed by atoms with Crippen LogP contribution >= 0.6 is 0 Å². The van der Waals surface area contributed by atoms with Crippen molar-refractivity contribution in [3.8, 4) is 17.2 Å². The van der Waals surface area contributed by atoms with Gasteiger partial charge >= 0.3 is 0 Å². The van der Waals surface area contributed by atoms with Crippen molar-refractivity contribution < 1.29 is 23.8 Å². The standard InChI is InChI=1S/C26H35N3O5/c1-17(2)24(28-25(30)18-14-22(33-4)16-23(15-18)34-5)26(31)27-19-10-12-29(13-11-19)20-6-8-21(32-3)9-7-20/h6-9,14-17,19,24H,10-13H2,1-5H3,(H,27,31)(H,28,30). The maximum Gasteiger partial charge on any atom is 0.252 e. The fourth-order valence-electron chi connectivity index (χ4n) is 4.06. The van der Waals surface area contributed by atoms with Crippen LogP contribution in [0, 0.1) is 5.92 Å². The van der Waals surface area contributed by atoms with Gasteiger partial charge in [0, 0.05) is 36.4 Å². The number of rotatable bonds is 9. The van der Waals surface area contributed by atoms with Gasteiger partial charge in [-0.1, -0.05) is 13.8 Å². The molecule has 0 aliphatic carbocycles. The summed E-state index contributed by atoms with van der Waals surface area (Å²) in [4.78, 5) is 28.3. The van der Waals surface area contributed by atoms with Crippen molar-refractivity contribution in [2.24, 2.45) is 5.92 Å². The smallest absolute Gasteiger partial charge is 0.252 e. The van der Waals surface area contributed by atoms with Crippen LogP contribution in [0.5, 0.6) is 17.2 Å². The normalized spacial score (nSPS) is 14.9. The lowest BCUT2D eigenvalue weighted by Gasteiger charge is -2.35. The number of nitrogens with one attached hydrogen (secondary N) is 2. The molecule has 1 saturated heterocycles. The third-order valence-corrected chi connectivity index (χ3v) is 6.13. The summed E-state index contributed by atoms with van der Waals surface area (Å²) in [5.74, 6) is 1.27. The molecule has 3 rings (SSSR count). The minimum absolute atomic E-state index is 0.0667. The summed E-state index contributed by atoms with van der Waals surface area (Å²) < 4.78 is 15.7. The lowest BCUT2D eigenvalue weighted by Crippen LogP contribution is -2.54. The number of ether oxygens (including phenoxy) is 3. The van der Waals surface area contributed by atoms with Crippen LogP contribution in [0.15, 0.2) is 42.5 Å². The lowest BCUT2D eigenvalue weighted by molar-refractivity contribution is -0.124. The van der Waals surface area contributed by atoms with Gasteiger partial charge in [0.25, 0.3) is 5.91 Å². The molecule has 1 fully saturated rings. The Hall–Kier alpha value is -3.42. The summed E-state index contributed by atoms with van der Waals surface area (Å²) in [6.45, 7) is 5.53. The van der Waals surface area contributed by atoms with Crippen molar-refractivity contribution in [3.05, 3.63) is 48.0 Å². The average molecular weight is 470 g/mol. The number of benzene rings is 2. The number of methoxy groups -OCH3 is 3. The first-order chi connectivity index (χ1) is 16.3. The van der Waals surface area contributed by atoms with E-state index < -0.39 is 6.04 Å². The molecule has 0 saturated carbocycles. The van der Waals surface area contributed by atoms with E-state index in [2.05, 4.69) is 27.7 Å². The highest BCUT2D eigenvalue weighted by Gasteiger charge is 2.28. The predicted molar refractivity (Wildman–Crippen MR) is 132 cm³/mol. The summed E-state index contributed by atoms with van der Waals surface area (Å²) in [6, 6.07) is 12.4. The van der Waals surface area contributed by atoms with Gasteiger partial charge in [-0.25, -0.2) is 0 Å². The number of anilines is 1. The Morgan fingerprint density at radius 1 is 0.882 bits per heavy atom. The molecular formula is C26H35N3O5. The van der Waals surface area contributed by atoms with Crippen molar-refractivity contribution in [1.29, 1.82) is 0 Å². The minimum atomic E-state index is -0.649. The zero-order valence-corrected chi connectivity index (χ0v) is 20.6. The van der Waals surface area contributed by atoms with Crippen molar-refractivity contribution >= 4 is 17.5 Å². The molecule has 184 valence electrons. The Bertz CT molecular complexity index is 947. The van der Waals surface area contributed by atoms with Crippen LogP contribution < -0.4 is 29.7 Å². The van der Waals surface area contributed by atoms with Crippen molar-refractivity contribution in [2.75, 3.05) is 39.3 Å². The lowest BCUT2D eigenvalue weighted by atomic mass is 9.99. The average Bonchev–Trinajstić information content (AvgIpc) is 2.86. The molecule has 1 atom stereocenters. The molecule has 34 heavy (non-hydrogen) atoms. The van der Waals surface area contributed by atoms with Crippen LogP contribution in [0.4, 0.5) is 5.69 Å². The van der Waals surface area contributed by atoms with Crippen LogP contribution in [0.3, 0.4) is 0 Å². The number of amides is 2. The molecule has 2 N–H and O–H groups in total. The van der Waals surface area contributed by atoms with Gasteiger partial charge in [0.2, 0.25) is 5.91 Å². The summed E-state index contributed by atoms with van der Waals surface area (Å²) in [5, 5.41) is 6.03. The topological polar surface area (TPSA) is 89.1 Å². The van der Waals surface area contributed by atoms with Gasteiger partial charge in [-0.2, -0.15) is 0 Å². The quantitative estimate of drug-likeness (QED) is 0.586. The molecule has 0 bridgehead atoms.